The van der Waals surface area contributed by atoms with E-state index in [4.69, 9.17) is 4.55 Å². The number of para-hydroxylation sites is 1. The molecule has 1 unspecified atom stereocenters. The average Bonchev–Trinajstić information content (AvgIpc) is 2.78. The van der Waals surface area contributed by atoms with Crippen LogP contribution in [-0.2, 0) is 11.1 Å². The number of carbonyl (C=O) groups excluding carboxylic acids is 1. The SMILES string of the molecule is O=C(Nc1ncc(S(=O)O)s1)c1ccccc1O. The second-order valence-electron chi connectivity index (χ2n) is 3.20. The van der Waals surface area contributed by atoms with E-state index in [2.05, 4.69) is 10.3 Å². The molecule has 0 aliphatic heterocycles. The Kier molecular flexibility index (Phi) is 3.70. The molecule has 18 heavy (non-hydrogen) atoms. The van der Waals surface area contributed by atoms with Gasteiger partial charge in [-0.2, -0.15) is 0 Å². The molecule has 94 valence electrons. The number of nitrogens with one attached hydrogen (secondary N) is 1. The van der Waals surface area contributed by atoms with Crippen LogP contribution in [0.15, 0.2) is 34.7 Å². The zero-order valence-corrected chi connectivity index (χ0v) is 10.5. The number of aromatic nitrogens is 1. The molecule has 1 aromatic carbocycles. The number of benzene rings is 1. The Balaban J connectivity index is 2.16. The van der Waals surface area contributed by atoms with Crippen molar-refractivity contribution in [2.45, 2.75) is 4.21 Å². The van der Waals surface area contributed by atoms with Gasteiger partial charge in [-0.1, -0.05) is 23.5 Å². The van der Waals surface area contributed by atoms with Gasteiger partial charge in [-0.25, -0.2) is 9.19 Å². The largest absolute Gasteiger partial charge is 0.507 e. The van der Waals surface area contributed by atoms with Crippen LogP contribution in [0.1, 0.15) is 10.4 Å². The highest BCUT2D eigenvalue weighted by molar-refractivity contribution is 7.81. The highest BCUT2D eigenvalue weighted by Gasteiger charge is 2.13. The van der Waals surface area contributed by atoms with E-state index < -0.39 is 17.0 Å². The third-order valence-electron chi connectivity index (χ3n) is 2.03. The molecule has 1 heterocycles. The van der Waals surface area contributed by atoms with Crippen LogP contribution in [0.5, 0.6) is 5.75 Å². The maximum Gasteiger partial charge on any atom is 0.261 e. The van der Waals surface area contributed by atoms with Crippen LogP contribution in [0.4, 0.5) is 5.13 Å². The van der Waals surface area contributed by atoms with E-state index in [1.165, 1.54) is 18.3 Å². The topological polar surface area (TPSA) is 99.5 Å². The van der Waals surface area contributed by atoms with Crippen LogP contribution in [0.3, 0.4) is 0 Å². The summed E-state index contributed by atoms with van der Waals surface area (Å²) in [5, 5.41) is 12.1. The number of carbonyl (C=O) groups is 1. The Bertz CT molecular complexity index is 611. The molecule has 6 nitrogen and oxygen atoms in total. The van der Waals surface area contributed by atoms with Crippen LogP contribution < -0.4 is 5.32 Å². The number of phenols is 1. The molecule has 0 fully saturated rings. The second kappa shape index (κ2) is 5.25. The summed E-state index contributed by atoms with van der Waals surface area (Å²) in [5.41, 5.74) is 0.111. The van der Waals surface area contributed by atoms with E-state index in [0.717, 1.165) is 11.3 Å². The molecule has 0 spiro atoms. The predicted octanol–water partition coefficient (Wildman–Crippen LogP) is 1.68. The van der Waals surface area contributed by atoms with Gasteiger partial charge in [-0.15, -0.1) is 0 Å². The van der Waals surface area contributed by atoms with E-state index in [1.54, 1.807) is 12.1 Å². The summed E-state index contributed by atoms with van der Waals surface area (Å²) < 4.78 is 19.7. The van der Waals surface area contributed by atoms with Crippen LogP contribution >= 0.6 is 11.3 Å². The minimum absolute atomic E-state index is 0.111. The van der Waals surface area contributed by atoms with Gasteiger partial charge in [0.2, 0.25) is 0 Å². The molecule has 0 radical (unpaired) electrons. The number of aromatic hydroxyl groups is 1. The molecular weight excluding hydrogens is 276 g/mol. The van der Waals surface area contributed by atoms with E-state index >= 15 is 0 Å². The first-order valence-corrected chi connectivity index (χ1v) is 6.66. The summed E-state index contributed by atoms with van der Waals surface area (Å²) >= 11 is -1.22. The van der Waals surface area contributed by atoms with Crippen LogP contribution in [0.2, 0.25) is 0 Å². The lowest BCUT2D eigenvalue weighted by atomic mass is 10.2. The van der Waals surface area contributed by atoms with E-state index in [0.29, 0.717) is 0 Å². The van der Waals surface area contributed by atoms with Gasteiger partial charge in [-0.05, 0) is 12.1 Å². The molecule has 1 atom stereocenters. The molecule has 8 heteroatoms. The lowest BCUT2D eigenvalue weighted by Crippen LogP contribution is -2.11. The van der Waals surface area contributed by atoms with Gasteiger partial charge in [0.15, 0.2) is 16.2 Å². The standard InChI is InChI=1S/C10H8N2O4S2/c13-7-4-2-1-3-6(7)9(14)12-10-11-5-8(17-10)18(15)16/h1-5,13H,(H,15,16)(H,11,12,14). The second-order valence-corrected chi connectivity index (χ2v) is 5.43. The number of hydrogen-bond donors (Lipinski definition) is 3. The smallest absolute Gasteiger partial charge is 0.261 e. The van der Waals surface area contributed by atoms with Gasteiger partial charge in [0, 0.05) is 0 Å². The summed E-state index contributed by atoms with van der Waals surface area (Å²) in [4.78, 5) is 15.6. The highest BCUT2D eigenvalue weighted by atomic mass is 32.2. The van der Waals surface area contributed by atoms with Crippen molar-refractivity contribution in [2.75, 3.05) is 5.32 Å². The van der Waals surface area contributed by atoms with Crippen molar-refractivity contribution in [3.63, 3.8) is 0 Å². The molecule has 0 saturated heterocycles. The Morgan fingerprint density at radius 3 is 2.72 bits per heavy atom. The number of nitrogens with zero attached hydrogens (tertiary/aromatic N) is 1. The minimum Gasteiger partial charge on any atom is -0.507 e. The molecule has 1 amide bonds. The third kappa shape index (κ3) is 2.73. The monoisotopic (exact) mass is 284 g/mol. The lowest BCUT2D eigenvalue weighted by molar-refractivity contribution is 0.102. The van der Waals surface area contributed by atoms with Gasteiger partial charge in [0.05, 0.1) is 11.8 Å². The fourth-order valence-electron chi connectivity index (χ4n) is 1.23. The van der Waals surface area contributed by atoms with Gasteiger partial charge in [0.25, 0.3) is 5.91 Å². The Hall–Kier alpha value is -1.77. The highest BCUT2D eigenvalue weighted by Crippen LogP contribution is 2.22. The normalized spacial score (nSPS) is 12.1. The fourth-order valence-corrected chi connectivity index (χ4v) is 2.44. The first kappa shape index (κ1) is 12.7. The Morgan fingerprint density at radius 2 is 2.11 bits per heavy atom. The first-order chi connectivity index (χ1) is 8.58. The molecule has 0 aliphatic carbocycles. The predicted molar refractivity (Wildman–Crippen MR) is 67.2 cm³/mol. The summed E-state index contributed by atoms with van der Waals surface area (Å²) in [7, 11) is 0. The number of thiazole rings is 1. The van der Waals surface area contributed by atoms with Crippen LogP contribution in [0.25, 0.3) is 0 Å². The van der Waals surface area contributed by atoms with Crippen molar-refractivity contribution >= 4 is 33.5 Å². The molecule has 0 bridgehead atoms. The molecule has 0 aliphatic rings. The summed E-state index contributed by atoms with van der Waals surface area (Å²) in [5.74, 6) is -0.671. The number of amides is 1. The fraction of sp³-hybridized carbons (Fsp3) is 0. The van der Waals surface area contributed by atoms with Gasteiger partial charge in [0.1, 0.15) is 9.96 Å². The van der Waals surface area contributed by atoms with E-state index in [1.807, 2.05) is 0 Å². The zero-order chi connectivity index (χ0) is 13.1. The minimum atomic E-state index is -2.12. The number of rotatable bonds is 3. The lowest BCUT2D eigenvalue weighted by Gasteiger charge is -2.03. The maximum atomic E-state index is 11.8. The van der Waals surface area contributed by atoms with Crippen LogP contribution in [0, 0.1) is 0 Å². The number of anilines is 1. The van der Waals surface area contributed by atoms with Crippen molar-refractivity contribution in [2.24, 2.45) is 0 Å². The van der Waals surface area contributed by atoms with E-state index in [-0.39, 0.29) is 20.7 Å². The van der Waals surface area contributed by atoms with Crippen molar-refractivity contribution in [1.82, 2.24) is 4.98 Å². The molecule has 2 rings (SSSR count). The molecule has 3 N–H and O–H groups in total. The van der Waals surface area contributed by atoms with Crippen molar-refractivity contribution < 1.29 is 18.7 Å². The molecular formula is C10H8N2O4S2. The third-order valence-corrected chi connectivity index (χ3v) is 3.86. The summed E-state index contributed by atoms with van der Waals surface area (Å²) in [6, 6.07) is 6.07. The number of phenolic OH excluding ortho intramolecular Hbond substituents is 1. The Labute approximate surface area is 109 Å². The number of hydrogen-bond acceptors (Lipinski definition) is 5. The van der Waals surface area contributed by atoms with Gasteiger partial charge >= 0.3 is 0 Å². The summed E-state index contributed by atoms with van der Waals surface area (Å²) in [6.07, 6.45) is 1.21. The van der Waals surface area contributed by atoms with Crippen molar-refractivity contribution in [3.05, 3.63) is 36.0 Å². The molecule has 2 aromatic rings. The Morgan fingerprint density at radius 1 is 1.39 bits per heavy atom. The van der Waals surface area contributed by atoms with Crippen molar-refractivity contribution in [3.8, 4) is 5.75 Å². The van der Waals surface area contributed by atoms with Crippen molar-refractivity contribution in [1.29, 1.82) is 0 Å². The quantitative estimate of drug-likeness (QED) is 0.745. The van der Waals surface area contributed by atoms with E-state index in [9.17, 15) is 14.1 Å². The van der Waals surface area contributed by atoms with Gasteiger partial charge < -0.3 is 9.66 Å². The first-order valence-electron chi connectivity index (χ1n) is 4.74. The maximum absolute atomic E-state index is 11.8. The molecule has 0 saturated carbocycles. The average molecular weight is 284 g/mol. The zero-order valence-electron chi connectivity index (χ0n) is 8.86. The summed E-state index contributed by atoms with van der Waals surface area (Å²) in [6.45, 7) is 0. The van der Waals surface area contributed by atoms with Crippen LogP contribution in [-0.4, -0.2) is 24.8 Å². The van der Waals surface area contributed by atoms with Gasteiger partial charge in [-0.3, -0.25) is 10.1 Å². The molecule has 1 aromatic heterocycles.